The van der Waals surface area contributed by atoms with Crippen LogP contribution in [0.2, 0.25) is 5.02 Å². The number of hydrogen-bond donors (Lipinski definition) is 1. The number of halogens is 1. The molecule has 0 amide bonds. The fourth-order valence-electron chi connectivity index (χ4n) is 2.72. The van der Waals surface area contributed by atoms with Gasteiger partial charge in [0.1, 0.15) is 5.02 Å². The number of rotatable bonds is 5. The fourth-order valence-corrected chi connectivity index (χ4v) is 2.91. The number of nitro groups is 1. The van der Waals surface area contributed by atoms with Crippen LogP contribution in [0.1, 0.15) is 38.2 Å². The highest BCUT2D eigenvalue weighted by Crippen LogP contribution is 2.36. The highest BCUT2D eigenvalue weighted by molar-refractivity contribution is 6.32. The van der Waals surface area contributed by atoms with Crippen LogP contribution in [0.4, 0.5) is 5.69 Å². The predicted molar refractivity (Wildman–Crippen MR) is 76.4 cm³/mol. The summed E-state index contributed by atoms with van der Waals surface area (Å²) in [7, 11) is 0. The molecule has 1 fully saturated rings. The molecule has 0 spiro atoms. The van der Waals surface area contributed by atoms with Crippen LogP contribution in [-0.4, -0.2) is 11.5 Å². The molecule has 0 saturated heterocycles. The van der Waals surface area contributed by atoms with Gasteiger partial charge < -0.3 is 5.32 Å². The second-order valence-corrected chi connectivity index (χ2v) is 6.07. The zero-order valence-corrected chi connectivity index (χ0v) is 11.9. The SMILES string of the molecule is CC1(CNCc2ccc(Cl)c([N+](=O)[O-])c2)CCCC1. The smallest absolute Gasteiger partial charge is 0.288 e. The first-order valence-electron chi connectivity index (χ1n) is 6.64. The third-order valence-electron chi connectivity index (χ3n) is 3.90. The molecule has 2 rings (SSSR count). The maximum Gasteiger partial charge on any atom is 0.288 e. The number of benzene rings is 1. The second kappa shape index (κ2) is 5.88. The molecule has 1 saturated carbocycles. The fraction of sp³-hybridized carbons (Fsp3) is 0.571. The molecule has 1 N–H and O–H groups in total. The first-order valence-corrected chi connectivity index (χ1v) is 7.02. The monoisotopic (exact) mass is 282 g/mol. The van der Waals surface area contributed by atoms with Crippen LogP contribution < -0.4 is 5.32 Å². The van der Waals surface area contributed by atoms with E-state index < -0.39 is 4.92 Å². The predicted octanol–water partition coefficient (Wildman–Crippen LogP) is 3.92. The first kappa shape index (κ1) is 14.3. The highest BCUT2D eigenvalue weighted by atomic mass is 35.5. The number of nitrogens with zero attached hydrogens (tertiary/aromatic N) is 1. The van der Waals surface area contributed by atoms with Crippen LogP contribution >= 0.6 is 11.6 Å². The average molecular weight is 283 g/mol. The van der Waals surface area contributed by atoms with Crippen LogP contribution in [0, 0.1) is 15.5 Å². The van der Waals surface area contributed by atoms with Gasteiger partial charge in [0.2, 0.25) is 0 Å². The van der Waals surface area contributed by atoms with Gasteiger partial charge in [0.15, 0.2) is 0 Å². The minimum atomic E-state index is -0.440. The third-order valence-corrected chi connectivity index (χ3v) is 4.22. The number of nitro benzene ring substituents is 1. The van der Waals surface area contributed by atoms with Gasteiger partial charge in [-0.15, -0.1) is 0 Å². The Morgan fingerprint density at radius 3 is 2.74 bits per heavy atom. The summed E-state index contributed by atoms with van der Waals surface area (Å²) in [6, 6.07) is 4.97. The molecule has 0 heterocycles. The van der Waals surface area contributed by atoms with Gasteiger partial charge in [0.05, 0.1) is 4.92 Å². The molecule has 104 valence electrons. The van der Waals surface area contributed by atoms with Crippen LogP contribution in [0.15, 0.2) is 18.2 Å². The van der Waals surface area contributed by atoms with E-state index in [1.807, 2.05) is 6.07 Å². The van der Waals surface area contributed by atoms with Gasteiger partial charge >= 0.3 is 0 Å². The molecular formula is C14H19ClN2O2. The summed E-state index contributed by atoms with van der Waals surface area (Å²) in [5.74, 6) is 0. The summed E-state index contributed by atoms with van der Waals surface area (Å²) < 4.78 is 0. The van der Waals surface area contributed by atoms with Crippen molar-refractivity contribution in [3.63, 3.8) is 0 Å². The number of hydrogen-bond acceptors (Lipinski definition) is 3. The molecule has 5 heteroatoms. The molecule has 0 radical (unpaired) electrons. The lowest BCUT2D eigenvalue weighted by Crippen LogP contribution is -2.29. The Kier molecular flexibility index (Phi) is 4.42. The van der Waals surface area contributed by atoms with Crippen molar-refractivity contribution in [2.24, 2.45) is 5.41 Å². The van der Waals surface area contributed by atoms with Crippen molar-refractivity contribution in [1.29, 1.82) is 0 Å². The molecule has 0 aliphatic heterocycles. The van der Waals surface area contributed by atoms with Gasteiger partial charge in [-0.1, -0.05) is 37.4 Å². The summed E-state index contributed by atoms with van der Waals surface area (Å²) in [5.41, 5.74) is 1.27. The van der Waals surface area contributed by atoms with Gasteiger partial charge in [0, 0.05) is 19.2 Å². The maximum atomic E-state index is 10.8. The van der Waals surface area contributed by atoms with Crippen molar-refractivity contribution in [2.45, 2.75) is 39.2 Å². The lowest BCUT2D eigenvalue weighted by atomic mass is 9.89. The summed E-state index contributed by atoms with van der Waals surface area (Å²) >= 11 is 5.79. The van der Waals surface area contributed by atoms with Crippen LogP contribution in [0.3, 0.4) is 0 Å². The van der Waals surface area contributed by atoms with E-state index in [9.17, 15) is 10.1 Å². The topological polar surface area (TPSA) is 55.2 Å². The van der Waals surface area contributed by atoms with E-state index in [4.69, 9.17) is 11.6 Å². The Bertz CT molecular complexity index is 471. The molecule has 19 heavy (non-hydrogen) atoms. The molecule has 1 aromatic carbocycles. The van der Waals surface area contributed by atoms with E-state index in [0.29, 0.717) is 12.0 Å². The van der Waals surface area contributed by atoms with Gasteiger partial charge in [-0.05, 0) is 29.9 Å². The zero-order chi connectivity index (χ0) is 13.9. The summed E-state index contributed by atoms with van der Waals surface area (Å²) in [5, 5.41) is 14.4. The molecule has 1 aliphatic carbocycles. The number of nitrogens with one attached hydrogen (secondary N) is 1. The van der Waals surface area contributed by atoms with Crippen LogP contribution in [0.5, 0.6) is 0 Å². The molecule has 0 aromatic heterocycles. The van der Waals surface area contributed by atoms with Crippen molar-refractivity contribution in [2.75, 3.05) is 6.54 Å². The molecular weight excluding hydrogens is 264 g/mol. The van der Waals surface area contributed by atoms with E-state index in [1.165, 1.54) is 25.7 Å². The van der Waals surface area contributed by atoms with E-state index in [2.05, 4.69) is 12.2 Å². The minimum Gasteiger partial charge on any atom is -0.312 e. The summed E-state index contributed by atoms with van der Waals surface area (Å²) in [6.45, 7) is 3.91. The maximum absolute atomic E-state index is 10.8. The molecule has 1 aromatic rings. The average Bonchev–Trinajstić information content (AvgIpc) is 2.78. The second-order valence-electron chi connectivity index (χ2n) is 5.66. The lowest BCUT2D eigenvalue weighted by molar-refractivity contribution is -0.384. The largest absolute Gasteiger partial charge is 0.312 e. The Balaban J connectivity index is 1.92. The van der Waals surface area contributed by atoms with Gasteiger partial charge in [0.25, 0.3) is 5.69 Å². The first-order chi connectivity index (χ1) is 9.00. The van der Waals surface area contributed by atoms with Gasteiger partial charge in [-0.2, -0.15) is 0 Å². The van der Waals surface area contributed by atoms with Crippen LogP contribution in [0.25, 0.3) is 0 Å². The molecule has 0 atom stereocenters. The van der Waals surface area contributed by atoms with Crippen LogP contribution in [-0.2, 0) is 6.54 Å². The Labute approximate surface area is 118 Å². The Morgan fingerprint density at radius 2 is 2.11 bits per heavy atom. The van der Waals surface area contributed by atoms with Crippen molar-refractivity contribution >= 4 is 17.3 Å². The standard InChI is InChI=1S/C14H19ClN2O2/c1-14(6-2-3-7-14)10-16-9-11-4-5-12(15)13(8-11)17(18)19/h4-5,8,16H,2-3,6-7,9-10H2,1H3. The molecule has 1 aliphatic rings. The van der Waals surface area contributed by atoms with E-state index in [1.54, 1.807) is 12.1 Å². The van der Waals surface area contributed by atoms with Crippen molar-refractivity contribution in [3.8, 4) is 0 Å². The van der Waals surface area contributed by atoms with Crippen molar-refractivity contribution in [3.05, 3.63) is 38.9 Å². The normalized spacial score (nSPS) is 17.6. The molecule has 4 nitrogen and oxygen atoms in total. The van der Waals surface area contributed by atoms with Gasteiger partial charge in [-0.3, -0.25) is 10.1 Å². The molecule has 0 unspecified atom stereocenters. The minimum absolute atomic E-state index is 0.0203. The Morgan fingerprint density at radius 1 is 1.42 bits per heavy atom. The summed E-state index contributed by atoms with van der Waals surface area (Å²) in [6.07, 6.45) is 5.15. The van der Waals surface area contributed by atoms with Gasteiger partial charge in [-0.25, -0.2) is 0 Å². The van der Waals surface area contributed by atoms with E-state index >= 15 is 0 Å². The van der Waals surface area contributed by atoms with E-state index in [0.717, 1.165) is 12.1 Å². The summed E-state index contributed by atoms with van der Waals surface area (Å²) in [4.78, 5) is 10.4. The highest BCUT2D eigenvalue weighted by Gasteiger charge is 2.27. The Hall–Kier alpha value is -1.13. The molecule has 0 bridgehead atoms. The van der Waals surface area contributed by atoms with Crippen molar-refractivity contribution < 1.29 is 4.92 Å². The van der Waals surface area contributed by atoms with E-state index in [-0.39, 0.29) is 10.7 Å². The lowest BCUT2D eigenvalue weighted by Gasteiger charge is -2.23. The third kappa shape index (κ3) is 3.67. The van der Waals surface area contributed by atoms with Crippen molar-refractivity contribution in [1.82, 2.24) is 5.32 Å². The zero-order valence-electron chi connectivity index (χ0n) is 11.1. The quantitative estimate of drug-likeness (QED) is 0.658.